The van der Waals surface area contributed by atoms with Crippen LogP contribution in [0.4, 0.5) is 5.69 Å². The van der Waals surface area contributed by atoms with Crippen molar-refractivity contribution < 1.29 is 14.8 Å². The van der Waals surface area contributed by atoms with Crippen LogP contribution in [0.3, 0.4) is 0 Å². The Balaban J connectivity index is 3.35. The molecule has 1 N–H and O–H groups in total. The van der Waals surface area contributed by atoms with Gasteiger partial charge in [-0.25, -0.2) is 0 Å². The second-order valence-electron chi connectivity index (χ2n) is 2.71. The minimum Gasteiger partial charge on any atom is -0.502 e. The van der Waals surface area contributed by atoms with Crippen molar-refractivity contribution in [1.82, 2.24) is 0 Å². The smallest absolute Gasteiger partial charge is 0.321 e. The van der Waals surface area contributed by atoms with Crippen molar-refractivity contribution in [3.05, 3.63) is 33.9 Å². The molecule has 14 heavy (non-hydrogen) atoms. The highest BCUT2D eigenvalue weighted by atomic mass is 16.6. The van der Waals surface area contributed by atoms with Gasteiger partial charge in [0.15, 0.2) is 11.5 Å². The number of ketones is 1. The lowest BCUT2D eigenvalue weighted by Gasteiger charge is -2.01. The lowest BCUT2D eigenvalue weighted by Crippen LogP contribution is -2.02. The van der Waals surface area contributed by atoms with Crippen molar-refractivity contribution in [3.8, 4) is 5.75 Å². The van der Waals surface area contributed by atoms with E-state index in [1.807, 2.05) is 0 Å². The molecule has 74 valence electrons. The van der Waals surface area contributed by atoms with Gasteiger partial charge in [0.25, 0.3) is 0 Å². The van der Waals surface area contributed by atoms with Crippen LogP contribution in [0.25, 0.3) is 0 Å². The Morgan fingerprint density at radius 2 is 2.21 bits per heavy atom. The van der Waals surface area contributed by atoms with E-state index in [4.69, 9.17) is 0 Å². The minimum atomic E-state index is -0.752. The molecule has 0 atom stereocenters. The number of phenolic OH excluding ortho intramolecular Hbond substituents is 1. The van der Waals surface area contributed by atoms with Crippen molar-refractivity contribution in [1.29, 1.82) is 0 Å². The van der Waals surface area contributed by atoms with E-state index in [9.17, 15) is 20.0 Å². The van der Waals surface area contributed by atoms with Gasteiger partial charge in [0.05, 0.1) is 10.5 Å². The first-order valence-corrected chi connectivity index (χ1v) is 4.07. The van der Waals surface area contributed by atoms with Gasteiger partial charge in [0.2, 0.25) is 0 Å². The molecule has 1 aromatic rings. The van der Waals surface area contributed by atoms with Gasteiger partial charge in [-0.1, -0.05) is 13.0 Å². The number of aromatic hydroxyl groups is 1. The first-order chi connectivity index (χ1) is 6.57. The van der Waals surface area contributed by atoms with Crippen molar-refractivity contribution in [2.75, 3.05) is 0 Å². The summed E-state index contributed by atoms with van der Waals surface area (Å²) in [6.07, 6.45) is 0.171. The van der Waals surface area contributed by atoms with E-state index in [-0.39, 0.29) is 17.8 Å². The van der Waals surface area contributed by atoms with Gasteiger partial charge in [0.1, 0.15) is 0 Å². The van der Waals surface area contributed by atoms with Gasteiger partial charge in [-0.2, -0.15) is 0 Å². The van der Waals surface area contributed by atoms with E-state index in [1.165, 1.54) is 18.2 Å². The predicted octanol–water partition coefficient (Wildman–Crippen LogP) is 1.89. The second kappa shape index (κ2) is 3.87. The van der Waals surface area contributed by atoms with Gasteiger partial charge < -0.3 is 5.11 Å². The fourth-order valence-corrected chi connectivity index (χ4v) is 1.14. The number of Topliss-reactive ketones (excluding diaryl/α,β-unsaturated/α-hetero) is 1. The fourth-order valence-electron chi connectivity index (χ4n) is 1.14. The van der Waals surface area contributed by atoms with Crippen LogP contribution >= 0.6 is 0 Å². The number of carbonyl (C=O) groups excluding carboxylic acids is 1. The number of para-hydroxylation sites is 1. The molecule has 1 rings (SSSR count). The standard InChI is InChI=1S/C9H9NO4/c1-2-7(11)6-4-3-5-8(12)9(6)10(13)14/h3-5,12H,2H2,1H3. The lowest BCUT2D eigenvalue weighted by atomic mass is 10.1. The van der Waals surface area contributed by atoms with E-state index in [1.54, 1.807) is 6.92 Å². The molecule has 0 spiro atoms. The summed E-state index contributed by atoms with van der Waals surface area (Å²) in [6.45, 7) is 1.61. The SMILES string of the molecule is CCC(=O)c1cccc(O)c1[N+](=O)[O-]. The van der Waals surface area contributed by atoms with Gasteiger partial charge in [-0.3, -0.25) is 14.9 Å². The lowest BCUT2D eigenvalue weighted by molar-refractivity contribution is -0.386. The van der Waals surface area contributed by atoms with E-state index in [0.29, 0.717) is 0 Å². The molecular formula is C9H9NO4. The molecule has 0 heterocycles. The number of nitrogens with zero attached hydrogens (tertiary/aromatic N) is 1. The molecule has 0 amide bonds. The van der Waals surface area contributed by atoms with E-state index < -0.39 is 16.4 Å². The quantitative estimate of drug-likeness (QED) is 0.453. The molecule has 0 unspecified atom stereocenters. The Kier molecular flexibility index (Phi) is 2.81. The predicted molar refractivity (Wildman–Crippen MR) is 49.4 cm³/mol. The number of benzene rings is 1. The maximum Gasteiger partial charge on any atom is 0.321 e. The number of rotatable bonds is 3. The monoisotopic (exact) mass is 195 g/mol. The van der Waals surface area contributed by atoms with E-state index >= 15 is 0 Å². The van der Waals surface area contributed by atoms with Crippen LogP contribution in [0.1, 0.15) is 23.7 Å². The summed E-state index contributed by atoms with van der Waals surface area (Å²) in [6, 6.07) is 3.93. The summed E-state index contributed by atoms with van der Waals surface area (Å²) >= 11 is 0. The molecule has 5 nitrogen and oxygen atoms in total. The molecule has 0 aromatic heterocycles. The number of nitro benzene ring substituents is 1. The Hall–Kier alpha value is -1.91. The van der Waals surface area contributed by atoms with Crippen LogP contribution in [0.2, 0.25) is 0 Å². The molecule has 5 heteroatoms. The maximum atomic E-state index is 11.3. The topological polar surface area (TPSA) is 80.4 Å². The summed E-state index contributed by atoms with van der Waals surface area (Å²) in [5.41, 5.74) is -0.558. The van der Waals surface area contributed by atoms with Crippen LogP contribution in [0.15, 0.2) is 18.2 Å². The number of carbonyl (C=O) groups is 1. The Bertz CT molecular complexity index is 386. The van der Waals surface area contributed by atoms with Crippen molar-refractivity contribution in [2.45, 2.75) is 13.3 Å². The zero-order chi connectivity index (χ0) is 10.7. The molecule has 0 fully saturated rings. The summed E-state index contributed by atoms with van der Waals surface area (Å²) in [5, 5.41) is 19.8. The van der Waals surface area contributed by atoms with Crippen LogP contribution in [0.5, 0.6) is 5.75 Å². The van der Waals surface area contributed by atoms with Crippen LogP contribution in [-0.4, -0.2) is 15.8 Å². The zero-order valence-electron chi connectivity index (χ0n) is 7.56. The fraction of sp³-hybridized carbons (Fsp3) is 0.222. The van der Waals surface area contributed by atoms with Crippen molar-refractivity contribution in [2.24, 2.45) is 0 Å². The number of hydrogen-bond donors (Lipinski definition) is 1. The summed E-state index contributed by atoms with van der Waals surface area (Å²) in [4.78, 5) is 21.1. The van der Waals surface area contributed by atoms with Gasteiger partial charge in [0, 0.05) is 6.42 Å². The molecule has 1 aromatic carbocycles. The highest BCUT2D eigenvalue weighted by Crippen LogP contribution is 2.29. The number of phenols is 1. The third kappa shape index (κ3) is 1.71. The first kappa shape index (κ1) is 10.2. The molecule has 0 bridgehead atoms. The van der Waals surface area contributed by atoms with Gasteiger partial charge in [-0.05, 0) is 12.1 Å². The normalized spacial score (nSPS) is 9.79. The number of hydrogen-bond acceptors (Lipinski definition) is 4. The molecule has 0 saturated heterocycles. The van der Waals surface area contributed by atoms with Crippen LogP contribution in [-0.2, 0) is 0 Å². The van der Waals surface area contributed by atoms with Gasteiger partial charge >= 0.3 is 5.69 Å². The first-order valence-electron chi connectivity index (χ1n) is 4.07. The Morgan fingerprint density at radius 1 is 1.57 bits per heavy atom. The van der Waals surface area contributed by atoms with Crippen molar-refractivity contribution in [3.63, 3.8) is 0 Å². The molecule has 0 saturated carbocycles. The highest BCUT2D eigenvalue weighted by Gasteiger charge is 2.22. The third-order valence-electron chi connectivity index (χ3n) is 1.82. The van der Waals surface area contributed by atoms with E-state index in [0.717, 1.165) is 0 Å². The molecule has 0 aliphatic rings. The average Bonchev–Trinajstić information content (AvgIpc) is 2.15. The maximum absolute atomic E-state index is 11.3. The average molecular weight is 195 g/mol. The third-order valence-corrected chi connectivity index (χ3v) is 1.82. The van der Waals surface area contributed by atoms with Crippen molar-refractivity contribution >= 4 is 11.5 Å². The number of nitro groups is 1. The summed E-state index contributed by atoms with van der Waals surface area (Å²) in [7, 11) is 0. The zero-order valence-corrected chi connectivity index (χ0v) is 7.56. The minimum absolute atomic E-state index is 0.0440. The van der Waals surface area contributed by atoms with Crippen LogP contribution < -0.4 is 0 Å². The van der Waals surface area contributed by atoms with Gasteiger partial charge in [-0.15, -0.1) is 0 Å². The molecule has 0 radical (unpaired) electrons. The Morgan fingerprint density at radius 3 is 2.71 bits per heavy atom. The summed E-state index contributed by atoms with van der Waals surface area (Å²) < 4.78 is 0. The molecule has 0 aliphatic heterocycles. The second-order valence-corrected chi connectivity index (χ2v) is 2.71. The van der Waals surface area contributed by atoms with Crippen LogP contribution in [0, 0.1) is 10.1 Å². The van der Waals surface area contributed by atoms with E-state index in [2.05, 4.69) is 0 Å². The molecular weight excluding hydrogens is 186 g/mol. The highest BCUT2D eigenvalue weighted by molar-refractivity contribution is 6.00. The summed E-state index contributed by atoms with van der Waals surface area (Å²) in [5.74, 6) is -0.832. The largest absolute Gasteiger partial charge is 0.502 e. The molecule has 0 aliphatic carbocycles. The Labute approximate surface area is 80.1 Å².